The van der Waals surface area contributed by atoms with Crippen molar-refractivity contribution in [2.75, 3.05) is 20.8 Å². The summed E-state index contributed by atoms with van der Waals surface area (Å²) in [6, 6.07) is 10.3. The molecule has 1 aliphatic carbocycles. The van der Waals surface area contributed by atoms with Crippen LogP contribution in [0.15, 0.2) is 46.0 Å². The Labute approximate surface area is 161 Å². The van der Waals surface area contributed by atoms with E-state index in [1.54, 1.807) is 20.5 Å². The number of furan rings is 1. The molecule has 1 heterocycles. The van der Waals surface area contributed by atoms with Gasteiger partial charge in [0.15, 0.2) is 17.5 Å². The van der Waals surface area contributed by atoms with E-state index in [1.165, 1.54) is 25.7 Å². The molecule has 1 fully saturated rings. The molecule has 1 aliphatic rings. The fraction of sp³-hybridized carbons (Fsp3) is 0.476. The maximum absolute atomic E-state index is 5.40. The summed E-state index contributed by atoms with van der Waals surface area (Å²) in [5, 5.41) is 7.00. The molecule has 0 saturated heterocycles. The van der Waals surface area contributed by atoms with Crippen LogP contribution in [0.1, 0.15) is 37.0 Å². The zero-order valence-corrected chi connectivity index (χ0v) is 16.2. The third-order valence-electron chi connectivity index (χ3n) is 4.81. The molecular formula is C21H29N3O3. The van der Waals surface area contributed by atoms with Crippen LogP contribution < -0.4 is 20.1 Å². The van der Waals surface area contributed by atoms with Crippen molar-refractivity contribution < 1.29 is 13.9 Å². The summed E-state index contributed by atoms with van der Waals surface area (Å²) in [4.78, 5) is 4.77. The van der Waals surface area contributed by atoms with Crippen molar-refractivity contribution in [1.82, 2.24) is 10.6 Å². The van der Waals surface area contributed by atoms with Crippen molar-refractivity contribution in [1.29, 1.82) is 0 Å². The second-order valence-corrected chi connectivity index (χ2v) is 6.74. The van der Waals surface area contributed by atoms with Crippen molar-refractivity contribution >= 4 is 5.96 Å². The SMILES string of the molecule is COc1ccc(CN=C(NCCc2ccco2)NC2CCCC2)cc1OC. The lowest BCUT2D eigenvalue weighted by Gasteiger charge is -2.17. The van der Waals surface area contributed by atoms with Crippen LogP contribution in [0.4, 0.5) is 0 Å². The van der Waals surface area contributed by atoms with Crippen LogP contribution in [0.3, 0.4) is 0 Å². The van der Waals surface area contributed by atoms with E-state index < -0.39 is 0 Å². The molecule has 3 rings (SSSR count). The zero-order valence-electron chi connectivity index (χ0n) is 16.2. The van der Waals surface area contributed by atoms with Crippen LogP contribution in [-0.4, -0.2) is 32.8 Å². The van der Waals surface area contributed by atoms with Gasteiger partial charge in [0.05, 0.1) is 27.0 Å². The summed E-state index contributed by atoms with van der Waals surface area (Å²) in [7, 11) is 3.29. The molecule has 2 N–H and O–H groups in total. The van der Waals surface area contributed by atoms with Crippen molar-refractivity contribution in [3.63, 3.8) is 0 Å². The number of hydrogen-bond acceptors (Lipinski definition) is 4. The van der Waals surface area contributed by atoms with Gasteiger partial charge in [-0.2, -0.15) is 0 Å². The standard InChI is InChI=1S/C21H29N3O3/c1-25-19-10-9-16(14-20(19)26-2)15-23-21(24-17-6-3-4-7-17)22-12-11-18-8-5-13-27-18/h5,8-10,13-14,17H,3-4,6-7,11-12,15H2,1-2H3,(H2,22,23,24). The largest absolute Gasteiger partial charge is 0.493 e. The number of rotatable bonds is 8. The van der Waals surface area contributed by atoms with E-state index in [-0.39, 0.29) is 0 Å². The highest BCUT2D eigenvalue weighted by atomic mass is 16.5. The molecule has 0 amide bonds. The van der Waals surface area contributed by atoms with E-state index in [4.69, 9.17) is 18.9 Å². The Hall–Kier alpha value is -2.63. The smallest absolute Gasteiger partial charge is 0.191 e. The molecule has 6 heteroatoms. The van der Waals surface area contributed by atoms with Gasteiger partial charge >= 0.3 is 0 Å². The summed E-state index contributed by atoms with van der Waals surface area (Å²) >= 11 is 0. The number of guanidine groups is 1. The Morgan fingerprint density at radius 2 is 1.96 bits per heavy atom. The predicted molar refractivity (Wildman–Crippen MR) is 106 cm³/mol. The summed E-state index contributed by atoms with van der Waals surface area (Å²) in [6.07, 6.45) is 7.51. The highest BCUT2D eigenvalue weighted by molar-refractivity contribution is 5.80. The molecule has 0 bridgehead atoms. The first-order valence-corrected chi connectivity index (χ1v) is 9.56. The zero-order chi connectivity index (χ0) is 18.9. The molecule has 0 aliphatic heterocycles. The van der Waals surface area contributed by atoms with E-state index in [0.717, 1.165) is 41.7 Å². The third kappa shape index (κ3) is 5.67. The second kappa shape index (κ2) is 9.90. The Morgan fingerprint density at radius 3 is 2.67 bits per heavy atom. The van der Waals surface area contributed by atoms with Gasteiger partial charge in [-0.05, 0) is 42.7 Å². The van der Waals surface area contributed by atoms with Gasteiger partial charge in [0, 0.05) is 19.0 Å². The molecule has 0 spiro atoms. The van der Waals surface area contributed by atoms with E-state index in [2.05, 4.69) is 10.6 Å². The number of hydrogen-bond donors (Lipinski definition) is 2. The first kappa shape index (κ1) is 19.1. The minimum atomic E-state index is 0.505. The molecule has 27 heavy (non-hydrogen) atoms. The predicted octanol–water partition coefficient (Wildman–Crippen LogP) is 3.52. The van der Waals surface area contributed by atoms with Gasteiger partial charge in [0.1, 0.15) is 5.76 Å². The quantitative estimate of drug-likeness (QED) is 0.549. The van der Waals surface area contributed by atoms with Crippen molar-refractivity contribution in [3.05, 3.63) is 47.9 Å². The highest BCUT2D eigenvalue weighted by Crippen LogP contribution is 2.27. The summed E-state index contributed by atoms with van der Waals surface area (Å²) < 4.78 is 16.1. The van der Waals surface area contributed by atoms with Gasteiger partial charge in [-0.3, -0.25) is 0 Å². The Balaban J connectivity index is 1.62. The Bertz CT molecular complexity index is 722. The Kier molecular flexibility index (Phi) is 7.02. The molecule has 0 atom stereocenters. The van der Waals surface area contributed by atoms with Crippen LogP contribution in [0, 0.1) is 0 Å². The summed E-state index contributed by atoms with van der Waals surface area (Å²) in [5.41, 5.74) is 1.08. The molecular weight excluding hydrogens is 342 g/mol. The average molecular weight is 371 g/mol. The topological polar surface area (TPSA) is 68.0 Å². The molecule has 1 aromatic carbocycles. The maximum Gasteiger partial charge on any atom is 0.191 e. The monoisotopic (exact) mass is 371 g/mol. The molecule has 6 nitrogen and oxygen atoms in total. The molecule has 2 aromatic rings. The van der Waals surface area contributed by atoms with E-state index in [1.807, 2.05) is 30.3 Å². The average Bonchev–Trinajstić information content (AvgIpc) is 3.39. The number of nitrogens with one attached hydrogen (secondary N) is 2. The summed E-state index contributed by atoms with van der Waals surface area (Å²) in [5.74, 6) is 3.28. The van der Waals surface area contributed by atoms with Crippen LogP contribution in [0.25, 0.3) is 0 Å². The lowest BCUT2D eigenvalue weighted by atomic mass is 10.2. The minimum absolute atomic E-state index is 0.505. The van der Waals surface area contributed by atoms with Gasteiger partial charge in [0.2, 0.25) is 0 Å². The van der Waals surface area contributed by atoms with Crippen molar-refractivity contribution in [2.45, 2.75) is 44.7 Å². The van der Waals surface area contributed by atoms with E-state index >= 15 is 0 Å². The van der Waals surface area contributed by atoms with E-state index in [0.29, 0.717) is 12.6 Å². The molecule has 1 aromatic heterocycles. The molecule has 0 radical (unpaired) electrons. The van der Waals surface area contributed by atoms with Gasteiger partial charge in [-0.25, -0.2) is 4.99 Å². The van der Waals surface area contributed by atoms with Gasteiger partial charge < -0.3 is 24.5 Å². The first-order valence-electron chi connectivity index (χ1n) is 9.56. The maximum atomic E-state index is 5.40. The number of ether oxygens (including phenoxy) is 2. The lowest BCUT2D eigenvalue weighted by molar-refractivity contribution is 0.354. The summed E-state index contributed by atoms with van der Waals surface area (Å²) in [6.45, 7) is 1.35. The number of benzene rings is 1. The van der Waals surface area contributed by atoms with Crippen LogP contribution in [0.2, 0.25) is 0 Å². The normalized spacial score (nSPS) is 15.0. The first-order chi connectivity index (χ1) is 13.3. The van der Waals surface area contributed by atoms with Crippen LogP contribution >= 0.6 is 0 Å². The van der Waals surface area contributed by atoms with Crippen LogP contribution in [-0.2, 0) is 13.0 Å². The molecule has 0 unspecified atom stereocenters. The fourth-order valence-corrected chi connectivity index (χ4v) is 3.32. The van der Waals surface area contributed by atoms with E-state index in [9.17, 15) is 0 Å². The fourth-order valence-electron chi connectivity index (χ4n) is 3.32. The molecule has 146 valence electrons. The van der Waals surface area contributed by atoms with Crippen molar-refractivity contribution in [3.8, 4) is 11.5 Å². The van der Waals surface area contributed by atoms with Gasteiger partial charge in [0.25, 0.3) is 0 Å². The molecule has 1 saturated carbocycles. The lowest BCUT2D eigenvalue weighted by Crippen LogP contribution is -2.43. The van der Waals surface area contributed by atoms with Crippen LogP contribution in [0.5, 0.6) is 11.5 Å². The van der Waals surface area contributed by atoms with Crippen molar-refractivity contribution in [2.24, 2.45) is 4.99 Å². The number of nitrogens with zero attached hydrogens (tertiary/aromatic N) is 1. The number of aliphatic imine (C=N–C) groups is 1. The third-order valence-corrected chi connectivity index (χ3v) is 4.81. The minimum Gasteiger partial charge on any atom is -0.493 e. The van der Waals surface area contributed by atoms with Gasteiger partial charge in [-0.15, -0.1) is 0 Å². The van der Waals surface area contributed by atoms with Gasteiger partial charge in [-0.1, -0.05) is 18.9 Å². The number of methoxy groups -OCH3 is 2. The highest BCUT2D eigenvalue weighted by Gasteiger charge is 2.16. The second-order valence-electron chi connectivity index (χ2n) is 6.74. The Morgan fingerprint density at radius 1 is 1.15 bits per heavy atom.